The highest BCUT2D eigenvalue weighted by Crippen LogP contribution is 2.23. The molecule has 0 radical (unpaired) electrons. The van der Waals surface area contributed by atoms with Gasteiger partial charge >= 0.3 is 0 Å². The van der Waals surface area contributed by atoms with Gasteiger partial charge in [-0.1, -0.05) is 29.5 Å². The van der Waals surface area contributed by atoms with Crippen molar-refractivity contribution in [3.8, 4) is 5.82 Å². The summed E-state index contributed by atoms with van der Waals surface area (Å²) in [7, 11) is 0. The van der Waals surface area contributed by atoms with Gasteiger partial charge in [0.15, 0.2) is 5.82 Å². The summed E-state index contributed by atoms with van der Waals surface area (Å²) in [4.78, 5) is 20.9. The summed E-state index contributed by atoms with van der Waals surface area (Å²) >= 11 is 1.34. The van der Waals surface area contributed by atoms with Gasteiger partial charge in [-0.05, 0) is 39.0 Å². The zero-order chi connectivity index (χ0) is 17.8. The molecule has 2 heterocycles. The first-order valence-electron chi connectivity index (χ1n) is 7.87. The van der Waals surface area contributed by atoms with Crippen molar-refractivity contribution in [2.75, 3.05) is 11.1 Å². The first kappa shape index (κ1) is 17.2. The second-order valence-electron chi connectivity index (χ2n) is 5.73. The molecule has 6 nitrogen and oxygen atoms in total. The maximum atomic E-state index is 12.2. The van der Waals surface area contributed by atoms with Crippen molar-refractivity contribution in [1.82, 2.24) is 19.7 Å². The summed E-state index contributed by atoms with van der Waals surface area (Å²) in [5.74, 6) is 0.804. The van der Waals surface area contributed by atoms with Crippen LogP contribution < -0.4 is 5.32 Å². The normalized spacial score (nSPS) is 10.7. The number of thioether (sulfide) groups is 1. The van der Waals surface area contributed by atoms with E-state index in [1.807, 2.05) is 51.1 Å². The van der Waals surface area contributed by atoms with Crippen molar-refractivity contribution in [1.29, 1.82) is 0 Å². The second kappa shape index (κ2) is 7.48. The number of rotatable bonds is 5. The molecular weight excluding hydrogens is 334 g/mol. The van der Waals surface area contributed by atoms with Crippen LogP contribution in [0.5, 0.6) is 0 Å². The van der Waals surface area contributed by atoms with Crippen LogP contribution in [0.15, 0.2) is 47.8 Å². The van der Waals surface area contributed by atoms with E-state index in [0.717, 1.165) is 22.6 Å². The average molecular weight is 353 g/mol. The Balaban J connectivity index is 1.70. The molecule has 0 saturated carbocycles. The molecule has 0 atom stereocenters. The number of nitrogens with zero attached hydrogens (tertiary/aromatic N) is 4. The lowest BCUT2D eigenvalue weighted by atomic mass is 10.2. The molecule has 25 heavy (non-hydrogen) atoms. The van der Waals surface area contributed by atoms with Gasteiger partial charge in [-0.25, -0.2) is 14.6 Å². The van der Waals surface area contributed by atoms with Gasteiger partial charge < -0.3 is 5.32 Å². The quantitative estimate of drug-likeness (QED) is 0.713. The number of hydrogen-bond acceptors (Lipinski definition) is 5. The van der Waals surface area contributed by atoms with Crippen LogP contribution in [0.3, 0.4) is 0 Å². The van der Waals surface area contributed by atoms with Crippen LogP contribution in [-0.2, 0) is 4.79 Å². The van der Waals surface area contributed by atoms with Crippen LogP contribution in [0.2, 0.25) is 0 Å². The third-order valence-corrected chi connectivity index (χ3v) is 4.50. The molecule has 3 rings (SSSR count). The molecule has 0 bridgehead atoms. The second-order valence-corrected chi connectivity index (χ2v) is 6.69. The SMILES string of the molecule is Cc1ccc(NC(=O)CSc2nccnc2-n2nc(C)cc2C)cc1. The first-order chi connectivity index (χ1) is 12.0. The van der Waals surface area contributed by atoms with Crippen LogP contribution in [0.4, 0.5) is 5.69 Å². The largest absolute Gasteiger partial charge is 0.325 e. The Morgan fingerprint density at radius 1 is 1.12 bits per heavy atom. The molecule has 1 amide bonds. The van der Waals surface area contributed by atoms with Crippen molar-refractivity contribution in [2.24, 2.45) is 0 Å². The van der Waals surface area contributed by atoms with Gasteiger partial charge in [0.1, 0.15) is 5.03 Å². The monoisotopic (exact) mass is 353 g/mol. The van der Waals surface area contributed by atoms with Gasteiger partial charge in [-0.15, -0.1) is 0 Å². The van der Waals surface area contributed by atoms with Crippen molar-refractivity contribution in [3.05, 3.63) is 59.7 Å². The molecule has 1 N–H and O–H groups in total. The highest BCUT2D eigenvalue weighted by Gasteiger charge is 2.13. The van der Waals surface area contributed by atoms with E-state index in [9.17, 15) is 4.79 Å². The molecule has 128 valence electrons. The molecule has 0 aliphatic carbocycles. The fraction of sp³-hybridized carbons (Fsp3) is 0.222. The first-order valence-corrected chi connectivity index (χ1v) is 8.85. The fourth-order valence-corrected chi connectivity index (χ4v) is 3.12. The number of hydrogen-bond donors (Lipinski definition) is 1. The van der Waals surface area contributed by atoms with Crippen molar-refractivity contribution < 1.29 is 4.79 Å². The Labute approximate surface area is 150 Å². The number of carbonyl (C=O) groups excluding carboxylic acids is 1. The maximum absolute atomic E-state index is 12.2. The number of aryl methyl sites for hydroxylation is 3. The maximum Gasteiger partial charge on any atom is 0.234 e. The number of aromatic nitrogens is 4. The Morgan fingerprint density at radius 2 is 1.84 bits per heavy atom. The van der Waals surface area contributed by atoms with Gasteiger partial charge in [0, 0.05) is 23.8 Å². The van der Waals surface area contributed by atoms with Crippen molar-refractivity contribution in [3.63, 3.8) is 0 Å². The van der Waals surface area contributed by atoms with E-state index in [4.69, 9.17) is 0 Å². The molecule has 3 aromatic rings. The van der Waals surface area contributed by atoms with Gasteiger partial charge in [0.25, 0.3) is 0 Å². The molecule has 0 fully saturated rings. The lowest BCUT2D eigenvalue weighted by Gasteiger charge is -2.09. The number of benzene rings is 1. The number of anilines is 1. The predicted molar refractivity (Wildman–Crippen MR) is 99.2 cm³/mol. The summed E-state index contributed by atoms with van der Waals surface area (Å²) in [6.07, 6.45) is 3.25. The minimum Gasteiger partial charge on any atom is -0.325 e. The number of nitrogens with one attached hydrogen (secondary N) is 1. The van der Waals surface area contributed by atoms with Gasteiger partial charge in [0.2, 0.25) is 5.91 Å². The fourth-order valence-electron chi connectivity index (χ4n) is 2.38. The summed E-state index contributed by atoms with van der Waals surface area (Å²) in [5.41, 5.74) is 3.83. The highest BCUT2D eigenvalue weighted by molar-refractivity contribution is 8.00. The smallest absolute Gasteiger partial charge is 0.234 e. The lowest BCUT2D eigenvalue weighted by Crippen LogP contribution is -2.14. The Bertz CT molecular complexity index is 889. The van der Waals surface area contributed by atoms with Gasteiger partial charge in [0.05, 0.1) is 11.4 Å². The van der Waals surface area contributed by atoms with Gasteiger partial charge in [-0.3, -0.25) is 4.79 Å². The van der Waals surface area contributed by atoms with Crippen LogP contribution in [0.1, 0.15) is 17.0 Å². The minimum atomic E-state index is -0.0844. The third kappa shape index (κ3) is 4.24. The van der Waals surface area contributed by atoms with E-state index in [1.165, 1.54) is 11.8 Å². The van der Waals surface area contributed by atoms with E-state index in [0.29, 0.717) is 10.8 Å². The van der Waals surface area contributed by atoms with Crippen LogP contribution >= 0.6 is 11.8 Å². The zero-order valence-corrected chi connectivity index (χ0v) is 15.2. The van der Waals surface area contributed by atoms with E-state index in [1.54, 1.807) is 17.1 Å². The summed E-state index contributed by atoms with van der Waals surface area (Å²) in [6.45, 7) is 5.91. The summed E-state index contributed by atoms with van der Waals surface area (Å²) < 4.78 is 1.75. The van der Waals surface area contributed by atoms with Gasteiger partial charge in [-0.2, -0.15) is 5.10 Å². The molecule has 0 spiro atoms. The molecule has 2 aromatic heterocycles. The Morgan fingerprint density at radius 3 is 2.52 bits per heavy atom. The minimum absolute atomic E-state index is 0.0844. The zero-order valence-electron chi connectivity index (χ0n) is 14.4. The third-order valence-electron chi connectivity index (χ3n) is 3.53. The van der Waals surface area contributed by atoms with Crippen LogP contribution in [0, 0.1) is 20.8 Å². The van der Waals surface area contributed by atoms with E-state index in [-0.39, 0.29) is 11.7 Å². The van der Waals surface area contributed by atoms with Crippen LogP contribution in [0.25, 0.3) is 5.82 Å². The molecule has 0 unspecified atom stereocenters. The molecule has 1 aromatic carbocycles. The summed E-state index contributed by atoms with van der Waals surface area (Å²) in [6, 6.07) is 9.69. The molecular formula is C18H19N5OS. The van der Waals surface area contributed by atoms with E-state index < -0.39 is 0 Å². The Hall–Kier alpha value is -2.67. The molecule has 0 aliphatic rings. The molecule has 0 saturated heterocycles. The highest BCUT2D eigenvalue weighted by atomic mass is 32.2. The Kier molecular flexibility index (Phi) is 5.14. The molecule has 0 aliphatic heterocycles. The lowest BCUT2D eigenvalue weighted by molar-refractivity contribution is -0.113. The van der Waals surface area contributed by atoms with Crippen LogP contribution in [-0.4, -0.2) is 31.4 Å². The molecule has 7 heteroatoms. The topological polar surface area (TPSA) is 72.7 Å². The van der Waals surface area contributed by atoms with Crippen molar-refractivity contribution in [2.45, 2.75) is 25.8 Å². The van der Waals surface area contributed by atoms with Crippen molar-refractivity contribution >= 4 is 23.4 Å². The number of amides is 1. The van der Waals surface area contributed by atoms with E-state index in [2.05, 4.69) is 20.4 Å². The standard InChI is InChI=1S/C18H19N5OS/c1-12-4-6-15(7-5-12)21-16(24)11-25-18-17(19-8-9-20-18)23-14(3)10-13(2)22-23/h4-10H,11H2,1-3H3,(H,21,24). The average Bonchev–Trinajstić information content (AvgIpc) is 2.93. The predicted octanol–water partition coefficient (Wildman–Crippen LogP) is 3.32. The number of carbonyl (C=O) groups is 1. The summed E-state index contributed by atoms with van der Waals surface area (Å²) in [5, 5.41) is 8.00. The van der Waals surface area contributed by atoms with E-state index >= 15 is 0 Å².